The fraction of sp³-hybridized carbons (Fsp3) is 0.250. The normalized spacial score (nSPS) is 14.2. The number of nitrogens with two attached hydrogens (primary N) is 1. The number of imide groups is 1. The van der Waals surface area contributed by atoms with Crippen LogP contribution in [0.1, 0.15) is 0 Å². The Hall–Kier alpha value is -2.77. The Balaban J connectivity index is 2.06. The number of hydrogen-bond donors (Lipinski definition) is 3. The van der Waals surface area contributed by atoms with Gasteiger partial charge in [0.2, 0.25) is 5.91 Å². The third-order valence-electron chi connectivity index (χ3n) is 2.74. The first kappa shape index (κ1) is 13.7. The highest BCUT2D eigenvalue weighted by atomic mass is 16.5. The summed E-state index contributed by atoms with van der Waals surface area (Å²) in [6, 6.07) is 4.19. The van der Waals surface area contributed by atoms with Crippen LogP contribution >= 0.6 is 0 Å². The highest BCUT2D eigenvalue weighted by molar-refractivity contribution is 6.06. The van der Waals surface area contributed by atoms with Gasteiger partial charge in [-0.25, -0.2) is 4.79 Å². The fourth-order valence-corrected chi connectivity index (χ4v) is 1.77. The zero-order valence-electron chi connectivity index (χ0n) is 10.8. The molecule has 1 aromatic rings. The molecule has 0 radical (unpaired) electrons. The molecule has 4 amide bonds. The lowest BCUT2D eigenvalue weighted by Crippen LogP contribution is -2.38. The maximum Gasteiger partial charge on any atom is 0.325 e. The molecular formula is C12H14N4O4. The highest BCUT2D eigenvalue weighted by Gasteiger charge is 2.30. The van der Waals surface area contributed by atoms with E-state index in [4.69, 9.17) is 10.5 Å². The lowest BCUT2D eigenvalue weighted by molar-refractivity contribution is -0.128. The van der Waals surface area contributed by atoms with Crippen molar-refractivity contribution in [1.82, 2.24) is 10.2 Å². The molecule has 1 saturated heterocycles. The van der Waals surface area contributed by atoms with E-state index in [9.17, 15) is 14.4 Å². The number of carbonyl (C=O) groups is 3. The number of carbonyl (C=O) groups excluding carboxylic acids is 3. The van der Waals surface area contributed by atoms with Crippen LogP contribution in [0, 0.1) is 0 Å². The smallest absolute Gasteiger partial charge is 0.325 e. The zero-order chi connectivity index (χ0) is 14.7. The van der Waals surface area contributed by atoms with Crippen molar-refractivity contribution in [3.8, 4) is 5.75 Å². The fourth-order valence-electron chi connectivity index (χ4n) is 1.77. The molecule has 1 fully saturated rings. The van der Waals surface area contributed by atoms with Crippen molar-refractivity contribution in [2.75, 3.05) is 31.2 Å². The Labute approximate surface area is 114 Å². The minimum absolute atomic E-state index is 0.0896. The third kappa shape index (κ3) is 2.79. The van der Waals surface area contributed by atoms with E-state index >= 15 is 0 Å². The van der Waals surface area contributed by atoms with Gasteiger partial charge in [0.15, 0.2) is 0 Å². The minimum Gasteiger partial charge on any atom is -0.495 e. The van der Waals surface area contributed by atoms with Gasteiger partial charge in [0.05, 0.1) is 19.3 Å². The number of rotatable bonds is 4. The van der Waals surface area contributed by atoms with E-state index in [1.807, 2.05) is 0 Å². The summed E-state index contributed by atoms with van der Waals surface area (Å²) >= 11 is 0. The molecule has 1 heterocycles. The molecule has 20 heavy (non-hydrogen) atoms. The lowest BCUT2D eigenvalue weighted by Gasteiger charge is -2.14. The van der Waals surface area contributed by atoms with Crippen LogP contribution < -0.4 is 21.1 Å². The van der Waals surface area contributed by atoms with Gasteiger partial charge in [-0.3, -0.25) is 14.5 Å². The van der Waals surface area contributed by atoms with Gasteiger partial charge >= 0.3 is 6.03 Å². The topological polar surface area (TPSA) is 114 Å². The van der Waals surface area contributed by atoms with E-state index in [1.54, 1.807) is 12.1 Å². The number of urea groups is 1. The van der Waals surface area contributed by atoms with E-state index < -0.39 is 17.8 Å². The van der Waals surface area contributed by atoms with Crippen LogP contribution in [0.15, 0.2) is 18.2 Å². The average Bonchev–Trinajstić information content (AvgIpc) is 2.71. The summed E-state index contributed by atoms with van der Waals surface area (Å²) in [5.74, 6) is -0.520. The maximum absolute atomic E-state index is 11.9. The summed E-state index contributed by atoms with van der Waals surface area (Å²) in [5.41, 5.74) is 6.46. The third-order valence-corrected chi connectivity index (χ3v) is 2.74. The van der Waals surface area contributed by atoms with Crippen molar-refractivity contribution >= 4 is 29.2 Å². The van der Waals surface area contributed by atoms with Gasteiger partial charge in [0.1, 0.15) is 12.3 Å². The van der Waals surface area contributed by atoms with E-state index in [0.29, 0.717) is 17.1 Å². The standard InChI is InChI=1S/C12H14N4O4/c1-20-9-3-2-7(13)4-8(9)15-10(17)6-16-11(18)5-14-12(16)19/h2-4H,5-6,13H2,1H3,(H,14,19)(H,15,17). The minimum atomic E-state index is -0.579. The number of ether oxygens (including phenoxy) is 1. The van der Waals surface area contributed by atoms with Crippen molar-refractivity contribution in [2.24, 2.45) is 0 Å². The number of amides is 4. The predicted molar refractivity (Wildman–Crippen MR) is 71.1 cm³/mol. The van der Waals surface area contributed by atoms with Gasteiger partial charge in [-0.1, -0.05) is 0 Å². The summed E-state index contributed by atoms with van der Waals surface area (Å²) in [6.07, 6.45) is 0. The Morgan fingerprint density at radius 2 is 2.25 bits per heavy atom. The second-order valence-corrected chi connectivity index (χ2v) is 4.15. The van der Waals surface area contributed by atoms with E-state index in [-0.39, 0.29) is 13.1 Å². The Bertz CT molecular complexity index is 557. The maximum atomic E-state index is 11.9. The van der Waals surface area contributed by atoms with Gasteiger partial charge in [0.25, 0.3) is 5.91 Å². The zero-order valence-corrected chi connectivity index (χ0v) is 10.8. The molecule has 2 rings (SSSR count). The summed E-state index contributed by atoms with van der Waals surface area (Å²) < 4.78 is 5.08. The molecule has 0 bridgehead atoms. The number of hydrogen-bond acceptors (Lipinski definition) is 5. The molecule has 0 atom stereocenters. The number of nitrogens with one attached hydrogen (secondary N) is 2. The van der Waals surface area contributed by atoms with Crippen molar-refractivity contribution in [3.05, 3.63) is 18.2 Å². The van der Waals surface area contributed by atoms with Crippen LogP contribution in [0.3, 0.4) is 0 Å². The molecule has 4 N–H and O–H groups in total. The van der Waals surface area contributed by atoms with E-state index in [2.05, 4.69) is 10.6 Å². The first-order valence-electron chi connectivity index (χ1n) is 5.83. The highest BCUT2D eigenvalue weighted by Crippen LogP contribution is 2.26. The molecule has 0 spiro atoms. The van der Waals surface area contributed by atoms with Gasteiger partial charge in [-0.05, 0) is 18.2 Å². The van der Waals surface area contributed by atoms with Crippen molar-refractivity contribution < 1.29 is 19.1 Å². The molecule has 0 unspecified atom stereocenters. The van der Waals surface area contributed by atoms with E-state index in [0.717, 1.165) is 4.90 Å². The number of anilines is 2. The van der Waals surface area contributed by atoms with Crippen LogP contribution in [0.2, 0.25) is 0 Å². The summed E-state index contributed by atoms with van der Waals surface area (Å²) in [6.45, 7) is -0.448. The molecule has 0 aromatic heterocycles. The van der Waals surface area contributed by atoms with Crippen LogP contribution in [-0.4, -0.2) is 42.9 Å². The van der Waals surface area contributed by atoms with Crippen molar-refractivity contribution in [2.45, 2.75) is 0 Å². The lowest BCUT2D eigenvalue weighted by atomic mass is 10.2. The predicted octanol–water partition coefficient (Wildman–Crippen LogP) is -0.232. The molecule has 1 aliphatic heterocycles. The average molecular weight is 278 g/mol. The Morgan fingerprint density at radius 3 is 2.85 bits per heavy atom. The molecule has 0 saturated carbocycles. The Morgan fingerprint density at radius 1 is 1.50 bits per heavy atom. The molecule has 1 aliphatic rings. The monoisotopic (exact) mass is 278 g/mol. The molecule has 0 aliphatic carbocycles. The number of nitrogens with zero attached hydrogens (tertiary/aromatic N) is 1. The Kier molecular flexibility index (Phi) is 3.74. The van der Waals surface area contributed by atoms with Gasteiger partial charge in [0, 0.05) is 5.69 Å². The van der Waals surface area contributed by atoms with Crippen molar-refractivity contribution in [3.63, 3.8) is 0 Å². The second kappa shape index (κ2) is 5.47. The van der Waals surface area contributed by atoms with Crippen LogP contribution in [-0.2, 0) is 9.59 Å². The SMILES string of the molecule is COc1ccc(N)cc1NC(=O)CN1C(=O)CNC1=O. The number of methoxy groups -OCH3 is 1. The number of benzene rings is 1. The molecular weight excluding hydrogens is 264 g/mol. The molecule has 1 aromatic carbocycles. The largest absolute Gasteiger partial charge is 0.495 e. The van der Waals surface area contributed by atoms with Gasteiger partial charge < -0.3 is 21.1 Å². The number of nitrogen functional groups attached to an aromatic ring is 1. The van der Waals surface area contributed by atoms with Gasteiger partial charge in [-0.2, -0.15) is 0 Å². The van der Waals surface area contributed by atoms with Crippen LogP contribution in [0.5, 0.6) is 5.75 Å². The first-order chi connectivity index (χ1) is 9.51. The molecule has 8 nitrogen and oxygen atoms in total. The second-order valence-electron chi connectivity index (χ2n) is 4.15. The quantitative estimate of drug-likeness (QED) is 0.520. The molecule has 106 valence electrons. The van der Waals surface area contributed by atoms with Crippen LogP contribution in [0.25, 0.3) is 0 Å². The van der Waals surface area contributed by atoms with Crippen LogP contribution in [0.4, 0.5) is 16.2 Å². The van der Waals surface area contributed by atoms with Gasteiger partial charge in [-0.15, -0.1) is 0 Å². The summed E-state index contributed by atoms with van der Waals surface area (Å²) in [4.78, 5) is 35.4. The summed E-state index contributed by atoms with van der Waals surface area (Å²) in [7, 11) is 1.46. The first-order valence-corrected chi connectivity index (χ1v) is 5.83. The molecule has 8 heteroatoms. The van der Waals surface area contributed by atoms with Crippen molar-refractivity contribution in [1.29, 1.82) is 0 Å². The summed E-state index contributed by atoms with van der Waals surface area (Å²) in [5, 5.41) is 4.89. The van der Waals surface area contributed by atoms with E-state index in [1.165, 1.54) is 13.2 Å².